The molecule has 0 radical (unpaired) electrons. The van der Waals surface area contributed by atoms with Crippen LogP contribution in [0.1, 0.15) is 52.9 Å². The van der Waals surface area contributed by atoms with Gasteiger partial charge in [0.25, 0.3) is 0 Å². The largest absolute Gasteiger partial charge is 0.350 e. The third-order valence-electron chi connectivity index (χ3n) is 4.72. The van der Waals surface area contributed by atoms with Gasteiger partial charge in [-0.2, -0.15) is 0 Å². The van der Waals surface area contributed by atoms with Crippen molar-refractivity contribution in [2.75, 3.05) is 26.2 Å². The molecule has 0 atom stereocenters. The molecule has 0 aromatic carbocycles. The number of piperidine rings is 1. The summed E-state index contributed by atoms with van der Waals surface area (Å²) in [5.74, 6) is 0.960. The minimum atomic E-state index is -0.0823. The second kappa shape index (κ2) is 6.90. The normalized spacial score (nSPS) is 21.2. The maximum atomic E-state index is 12.2. The van der Waals surface area contributed by atoms with Crippen molar-refractivity contribution in [3.63, 3.8) is 0 Å². The van der Waals surface area contributed by atoms with Gasteiger partial charge < -0.3 is 10.6 Å². The van der Waals surface area contributed by atoms with Crippen LogP contribution in [0.2, 0.25) is 0 Å². The van der Waals surface area contributed by atoms with E-state index in [0.717, 1.165) is 32.0 Å². The number of hydrogen-bond donors (Lipinski definition) is 2. The second-order valence-corrected chi connectivity index (χ2v) is 7.14. The first kappa shape index (κ1) is 15.8. The Bertz CT molecular complexity index is 320. The van der Waals surface area contributed by atoms with Crippen molar-refractivity contribution in [1.82, 2.24) is 15.5 Å². The summed E-state index contributed by atoms with van der Waals surface area (Å²) in [4.78, 5) is 14.7. The van der Waals surface area contributed by atoms with Crippen LogP contribution in [-0.4, -0.2) is 48.6 Å². The number of carbonyl (C=O) groups is 1. The molecule has 1 heterocycles. The zero-order valence-corrected chi connectivity index (χ0v) is 13.4. The molecule has 116 valence electrons. The SMILES string of the molecule is CCC(C)(C)NC(=O)CN(CC1CCNCC1)C1CC1. The Morgan fingerprint density at radius 3 is 2.45 bits per heavy atom. The van der Waals surface area contributed by atoms with Crippen molar-refractivity contribution in [3.8, 4) is 0 Å². The first-order valence-corrected chi connectivity index (χ1v) is 8.26. The van der Waals surface area contributed by atoms with Crippen molar-refractivity contribution in [3.05, 3.63) is 0 Å². The lowest BCUT2D eigenvalue weighted by Gasteiger charge is -2.31. The molecule has 2 fully saturated rings. The molecular weight excluding hydrogens is 250 g/mol. The Morgan fingerprint density at radius 2 is 1.90 bits per heavy atom. The van der Waals surface area contributed by atoms with Crippen LogP contribution in [0, 0.1) is 5.92 Å². The zero-order chi connectivity index (χ0) is 14.6. The molecule has 0 unspecified atom stereocenters. The summed E-state index contributed by atoms with van der Waals surface area (Å²) >= 11 is 0. The molecule has 4 nitrogen and oxygen atoms in total. The summed E-state index contributed by atoms with van der Waals surface area (Å²) < 4.78 is 0. The zero-order valence-electron chi connectivity index (χ0n) is 13.4. The first-order chi connectivity index (χ1) is 9.50. The van der Waals surface area contributed by atoms with Crippen molar-refractivity contribution in [2.45, 2.75) is 64.5 Å². The Balaban J connectivity index is 1.81. The number of hydrogen-bond acceptors (Lipinski definition) is 3. The van der Waals surface area contributed by atoms with Crippen LogP contribution >= 0.6 is 0 Å². The highest BCUT2D eigenvalue weighted by Gasteiger charge is 2.32. The van der Waals surface area contributed by atoms with Gasteiger partial charge in [0.1, 0.15) is 0 Å². The van der Waals surface area contributed by atoms with E-state index in [2.05, 4.69) is 36.3 Å². The van der Waals surface area contributed by atoms with E-state index in [1.54, 1.807) is 0 Å². The number of carbonyl (C=O) groups excluding carboxylic acids is 1. The fraction of sp³-hybridized carbons (Fsp3) is 0.938. The van der Waals surface area contributed by atoms with Gasteiger partial charge in [0.15, 0.2) is 0 Å². The fourth-order valence-corrected chi connectivity index (χ4v) is 2.87. The molecule has 1 aliphatic carbocycles. The van der Waals surface area contributed by atoms with Crippen LogP contribution < -0.4 is 10.6 Å². The predicted octanol–water partition coefficient (Wildman–Crippen LogP) is 1.76. The van der Waals surface area contributed by atoms with E-state index < -0.39 is 0 Å². The highest BCUT2D eigenvalue weighted by molar-refractivity contribution is 5.78. The lowest BCUT2D eigenvalue weighted by atomic mass is 9.97. The third kappa shape index (κ3) is 5.06. The van der Waals surface area contributed by atoms with Crippen molar-refractivity contribution < 1.29 is 4.79 Å². The highest BCUT2D eigenvalue weighted by Crippen LogP contribution is 2.28. The average Bonchev–Trinajstić information content (AvgIpc) is 3.23. The summed E-state index contributed by atoms with van der Waals surface area (Å²) in [5.41, 5.74) is -0.0823. The maximum absolute atomic E-state index is 12.2. The molecule has 0 aromatic rings. The quantitative estimate of drug-likeness (QED) is 0.747. The molecule has 1 aliphatic heterocycles. The first-order valence-electron chi connectivity index (χ1n) is 8.26. The minimum absolute atomic E-state index is 0.0823. The molecule has 1 saturated carbocycles. The Hall–Kier alpha value is -0.610. The number of nitrogens with one attached hydrogen (secondary N) is 2. The van der Waals surface area contributed by atoms with Gasteiger partial charge in [-0.05, 0) is 65.0 Å². The second-order valence-electron chi connectivity index (χ2n) is 7.14. The van der Waals surface area contributed by atoms with E-state index in [1.807, 2.05) is 0 Å². The molecule has 0 aromatic heterocycles. The van der Waals surface area contributed by atoms with Crippen LogP contribution in [0.15, 0.2) is 0 Å². The molecule has 20 heavy (non-hydrogen) atoms. The minimum Gasteiger partial charge on any atom is -0.350 e. The monoisotopic (exact) mass is 281 g/mol. The van der Waals surface area contributed by atoms with Gasteiger partial charge >= 0.3 is 0 Å². The topological polar surface area (TPSA) is 44.4 Å². The molecule has 4 heteroatoms. The standard InChI is InChI=1S/C16H31N3O/c1-4-16(2,3)18-15(20)12-19(14-5-6-14)11-13-7-9-17-10-8-13/h13-14,17H,4-12H2,1-3H3,(H,18,20). The Morgan fingerprint density at radius 1 is 1.25 bits per heavy atom. The van der Waals surface area contributed by atoms with Crippen LogP contribution in [0.4, 0.5) is 0 Å². The molecule has 1 saturated heterocycles. The van der Waals surface area contributed by atoms with Gasteiger partial charge in [0, 0.05) is 18.1 Å². The van der Waals surface area contributed by atoms with Gasteiger partial charge in [-0.1, -0.05) is 6.92 Å². The van der Waals surface area contributed by atoms with Gasteiger partial charge in [0.05, 0.1) is 6.54 Å². The maximum Gasteiger partial charge on any atom is 0.234 e. The summed E-state index contributed by atoms with van der Waals surface area (Å²) in [6.45, 7) is 10.3. The third-order valence-corrected chi connectivity index (χ3v) is 4.72. The van der Waals surface area contributed by atoms with E-state index in [4.69, 9.17) is 0 Å². The van der Waals surface area contributed by atoms with E-state index in [1.165, 1.54) is 25.7 Å². The molecule has 2 aliphatic rings. The summed E-state index contributed by atoms with van der Waals surface area (Å²) in [6.07, 6.45) is 6.03. The van der Waals surface area contributed by atoms with Crippen LogP contribution in [-0.2, 0) is 4.79 Å². The van der Waals surface area contributed by atoms with Gasteiger partial charge in [0.2, 0.25) is 5.91 Å². The summed E-state index contributed by atoms with van der Waals surface area (Å²) in [5, 5.41) is 6.58. The van der Waals surface area contributed by atoms with E-state index in [9.17, 15) is 4.79 Å². The number of rotatable bonds is 7. The number of nitrogens with zero attached hydrogens (tertiary/aromatic N) is 1. The smallest absolute Gasteiger partial charge is 0.234 e. The summed E-state index contributed by atoms with van der Waals surface area (Å²) in [7, 11) is 0. The van der Waals surface area contributed by atoms with Crippen LogP contribution in [0.3, 0.4) is 0 Å². The lowest BCUT2D eigenvalue weighted by Crippen LogP contribution is -2.49. The molecule has 0 spiro atoms. The van der Waals surface area contributed by atoms with Crippen molar-refractivity contribution >= 4 is 5.91 Å². The van der Waals surface area contributed by atoms with E-state index in [-0.39, 0.29) is 11.4 Å². The molecule has 1 amide bonds. The molecule has 2 N–H and O–H groups in total. The predicted molar refractivity (Wildman–Crippen MR) is 82.7 cm³/mol. The lowest BCUT2D eigenvalue weighted by molar-refractivity contribution is -0.124. The summed E-state index contributed by atoms with van der Waals surface area (Å²) in [6, 6.07) is 0.667. The van der Waals surface area contributed by atoms with Crippen LogP contribution in [0.5, 0.6) is 0 Å². The van der Waals surface area contributed by atoms with Gasteiger partial charge in [-0.15, -0.1) is 0 Å². The average molecular weight is 281 g/mol. The molecule has 2 rings (SSSR count). The fourth-order valence-electron chi connectivity index (χ4n) is 2.87. The van der Waals surface area contributed by atoms with Crippen molar-refractivity contribution in [1.29, 1.82) is 0 Å². The van der Waals surface area contributed by atoms with Crippen LogP contribution in [0.25, 0.3) is 0 Å². The molecular formula is C16H31N3O. The number of amides is 1. The van der Waals surface area contributed by atoms with Crippen molar-refractivity contribution in [2.24, 2.45) is 5.92 Å². The Labute approximate surface area is 123 Å². The van der Waals surface area contributed by atoms with Gasteiger partial charge in [-0.25, -0.2) is 0 Å². The molecule has 0 bridgehead atoms. The van der Waals surface area contributed by atoms with Gasteiger partial charge in [-0.3, -0.25) is 9.69 Å². The Kier molecular flexibility index (Phi) is 5.44. The highest BCUT2D eigenvalue weighted by atomic mass is 16.2. The van der Waals surface area contributed by atoms with E-state index >= 15 is 0 Å². The van der Waals surface area contributed by atoms with E-state index in [0.29, 0.717) is 12.6 Å².